The van der Waals surface area contributed by atoms with Crippen LogP contribution in [0.25, 0.3) is 0 Å². The van der Waals surface area contributed by atoms with Gasteiger partial charge in [0.15, 0.2) is 11.1 Å². The van der Waals surface area contributed by atoms with Gasteiger partial charge in [-0.25, -0.2) is 4.21 Å². The van der Waals surface area contributed by atoms with Crippen molar-refractivity contribution in [1.82, 2.24) is 0 Å². The van der Waals surface area contributed by atoms with Gasteiger partial charge in [0.05, 0.1) is 17.7 Å². The van der Waals surface area contributed by atoms with E-state index >= 15 is 0 Å². The molecule has 0 aliphatic rings. The fourth-order valence-electron chi connectivity index (χ4n) is 2.30. The van der Waals surface area contributed by atoms with Crippen LogP contribution in [0.5, 0.6) is 0 Å². The van der Waals surface area contributed by atoms with Crippen LogP contribution in [0.3, 0.4) is 0 Å². The molecule has 0 bridgehead atoms. The Labute approximate surface area is 121 Å². The number of hydrogen-bond acceptors (Lipinski definition) is 2. The second-order valence-electron chi connectivity index (χ2n) is 4.52. The topological polar surface area (TPSA) is 61.1 Å². The summed E-state index contributed by atoms with van der Waals surface area (Å²) in [6.07, 6.45) is 0. The van der Waals surface area contributed by atoms with Crippen molar-refractivity contribution in [2.75, 3.05) is 5.75 Å². The first-order valence-electron chi connectivity index (χ1n) is 6.29. The SMILES string of the molecule is N#CC(c1ccccc1)C(CS(=O)O)c1ccccc1. The summed E-state index contributed by atoms with van der Waals surface area (Å²) in [5.41, 5.74) is 1.78. The summed E-state index contributed by atoms with van der Waals surface area (Å²) < 4.78 is 20.5. The summed E-state index contributed by atoms with van der Waals surface area (Å²) in [5.74, 6) is -0.680. The molecule has 102 valence electrons. The largest absolute Gasteiger partial charge is 0.306 e. The lowest BCUT2D eigenvalue weighted by Crippen LogP contribution is -2.17. The Morgan fingerprint density at radius 3 is 1.95 bits per heavy atom. The molecule has 3 atom stereocenters. The molecule has 3 unspecified atom stereocenters. The molecule has 0 aliphatic heterocycles. The third-order valence-corrected chi connectivity index (χ3v) is 3.89. The van der Waals surface area contributed by atoms with Crippen molar-refractivity contribution in [1.29, 1.82) is 5.26 Å². The van der Waals surface area contributed by atoms with Crippen molar-refractivity contribution < 1.29 is 8.76 Å². The highest BCUT2D eigenvalue weighted by Crippen LogP contribution is 2.33. The molecule has 3 nitrogen and oxygen atoms in total. The lowest BCUT2D eigenvalue weighted by molar-refractivity contribution is 0.551. The Balaban J connectivity index is 2.40. The molecule has 2 aromatic carbocycles. The van der Waals surface area contributed by atoms with E-state index in [1.54, 1.807) is 0 Å². The van der Waals surface area contributed by atoms with E-state index in [2.05, 4.69) is 6.07 Å². The molecule has 0 saturated heterocycles. The van der Waals surface area contributed by atoms with Crippen molar-refractivity contribution in [3.05, 3.63) is 71.8 Å². The first kappa shape index (κ1) is 14.4. The van der Waals surface area contributed by atoms with Crippen molar-refractivity contribution in [3.8, 4) is 6.07 Å². The Kier molecular flexibility index (Phi) is 5.05. The molecular formula is C16H15NO2S. The molecule has 20 heavy (non-hydrogen) atoms. The minimum absolute atomic E-state index is 0.0527. The average Bonchev–Trinajstić information content (AvgIpc) is 2.49. The maximum Gasteiger partial charge on any atom is 0.153 e. The number of rotatable bonds is 5. The second kappa shape index (κ2) is 6.99. The molecule has 0 aromatic heterocycles. The van der Waals surface area contributed by atoms with Crippen molar-refractivity contribution >= 4 is 11.1 Å². The molecule has 0 heterocycles. The van der Waals surface area contributed by atoms with Crippen LogP contribution in [-0.4, -0.2) is 14.5 Å². The average molecular weight is 285 g/mol. The number of nitriles is 1. The second-order valence-corrected chi connectivity index (χ2v) is 5.50. The molecule has 0 saturated carbocycles. The van der Waals surface area contributed by atoms with Gasteiger partial charge in [-0.2, -0.15) is 5.26 Å². The third-order valence-electron chi connectivity index (χ3n) is 3.25. The summed E-state index contributed by atoms with van der Waals surface area (Å²) in [6.45, 7) is 0. The normalized spacial score (nSPS) is 15.0. The lowest BCUT2D eigenvalue weighted by atomic mass is 9.83. The number of nitrogens with zero attached hydrogens (tertiary/aromatic N) is 1. The van der Waals surface area contributed by atoms with Crippen molar-refractivity contribution in [2.24, 2.45) is 0 Å². The van der Waals surface area contributed by atoms with E-state index < -0.39 is 17.0 Å². The van der Waals surface area contributed by atoms with Gasteiger partial charge in [0, 0.05) is 5.92 Å². The first-order chi connectivity index (χ1) is 9.72. The van der Waals surface area contributed by atoms with Crippen LogP contribution < -0.4 is 0 Å². The van der Waals surface area contributed by atoms with Crippen LogP contribution in [0.15, 0.2) is 60.7 Å². The van der Waals surface area contributed by atoms with E-state index in [-0.39, 0.29) is 11.7 Å². The van der Waals surface area contributed by atoms with Crippen LogP contribution in [-0.2, 0) is 11.1 Å². The van der Waals surface area contributed by atoms with Crippen molar-refractivity contribution in [3.63, 3.8) is 0 Å². The molecule has 0 amide bonds. The standard InChI is InChI=1S/C16H15NO2S/c17-11-15(13-7-3-1-4-8-13)16(12-20(18)19)14-9-5-2-6-10-14/h1-10,15-16H,12H2,(H,18,19). The van der Waals surface area contributed by atoms with Gasteiger partial charge in [-0.1, -0.05) is 60.7 Å². The minimum atomic E-state index is -1.94. The predicted molar refractivity (Wildman–Crippen MR) is 79.6 cm³/mol. The maximum atomic E-state index is 11.2. The first-order valence-corrected chi connectivity index (χ1v) is 7.57. The molecule has 1 N–H and O–H groups in total. The minimum Gasteiger partial charge on any atom is -0.306 e. The molecular weight excluding hydrogens is 270 g/mol. The zero-order valence-electron chi connectivity index (χ0n) is 10.8. The van der Waals surface area contributed by atoms with Gasteiger partial charge in [0.2, 0.25) is 0 Å². The Bertz CT molecular complexity index is 607. The van der Waals surface area contributed by atoms with Gasteiger partial charge >= 0.3 is 0 Å². The zero-order valence-corrected chi connectivity index (χ0v) is 11.7. The molecule has 0 spiro atoms. The fraction of sp³-hybridized carbons (Fsp3) is 0.188. The molecule has 2 aromatic rings. The summed E-state index contributed by atoms with van der Waals surface area (Å²) in [4.78, 5) is 0. The smallest absolute Gasteiger partial charge is 0.153 e. The van der Waals surface area contributed by atoms with Gasteiger partial charge in [0.1, 0.15) is 0 Å². The molecule has 0 aliphatic carbocycles. The van der Waals surface area contributed by atoms with Gasteiger partial charge < -0.3 is 4.55 Å². The van der Waals surface area contributed by atoms with Gasteiger partial charge in [0.25, 0.3) is 0 Å². The van der Waals surface area contributed by atoms with Crippen LogP contribution in [0.2, 0.25) is 0 Å². The Morgan fingerprint density at radius 1 is 1.00 bits per heavy atom. The summed E-state index contributed by atoms with van der Waals surface area (Å²) in [7, 11) is 0. The summed E-state index contributed by atoms with van der Waals surface area (Å²) in [6, 6.07) is 21.1. The van der Waals surface area contributed by atoms with E-state index in [4.69, 9.17) is 0 Å². The van der Waals surface area contributed by atoms with Crippen molar-refractivity contribution in [2.45, 2.75) is 11.8 Å². The Hall–Kier alpha value is -1.96. The van der Waals surface area contributed by atoms with E-state index in [0.717, 1.165) is 11.1 Å². The maximum absolute atomic E-state index is 11.2. The van der Waals surface area contributed by atoms with Crippen LogP contribution in [0.1, 0.15) is 23.0 Å². The highest BCUT2D eigenvalue weighted by Gasteiger charge is 2.26. The number of benzene rings is 2. The quantitative estimate of drug-likeness (QED) is 0.857. The zero-order chi connectivity index (χ0) is 14.4. The highest BCUT2D eigenvalue weighted by molar-refractivity contribution is 7.79. The molecule has 2 rings (SSSR count). The Morgan fingerprint density at radius 2 is 1.50 bits per heavy atom. The van der Waals surface area contributed by atoms with E-state index in [9.17, 15) is 14.0 Å². The van der Waals surface area contributed by atoms with Crippen LogP contribution in [0, 0.1) is 11.3 Å². The molecule has 0 fully saturated rings. The fourth-order valence-corrected chi connectivity index (χ4v) is 2.99. The summed E-state index contributed by atoms with van der Waals surface area (Å²) >= 11 is -1.94. The van der Waals surface area contributed by atoms with Gasteiger partial charge in [-0.3, -0.25) is 0 Å². The third kappa shape index (κ3) is 3.53. The van der Waals surface area contributed by atoms with Gasteiger partial charge in [-0.15, -0.1) is 0 Å². The summed E-state index contributed by atoms with van der Waals surface area (Å²) in [5, 5.41) is 9.49. The van der Waals surface area contributed by atoms with Crippen LogP contribution >= 0.6 is 0 Å². The van der Waals surface area contributed by atoms with Crippen LogP contribution in [0.4, 0.5) is 0 Å². The lowest BCUT2D eigenvalue weighted by Gasteiger charge is -2.21. The van der Waals surface area contributed by atoms with E-state index in [1.165, 1.54) is 0 Å². The monoisotopic (exact) mass is 285 g/mol. The molecule has 0 radical (unpaired) electrons. The van der Waals surface area contributed by atoms with Gasteiger partial charge in [-0.05, 0) is 11.1 Å². The van der Waals surface area contributed by atoms with E-state index in [0.29, 0.717) is 0 Å². The highest BCUT2D eigenvalue weighted by atomic mass is 32.2. The van der Waals surface area contributed by atoms with E-state index in [1.807, 2.05) is 60.7 Å². The predicted octanol–water partition coefficient (Wildman–Crippen LogP) is 3.30. The number of hydrogen-bond donors (Lipinski definition) is 1. The molecule has 4 heteroatoms.